The van der Waals surface area contributed by atoms with Gasteiger partial charge in [-0.25, -0.2) is 22.9 Å². The van der Waals surface area contributed by atoms with Crippen LogP contribution >= 0.6 is 11.3 Å². The predicted molar refractivity (Wildman–Crippen MR) is 93.2 cm³/mol. The van der Waals surface area contributed by atoms with Gasteiger partial charge in [0, 0.05) is 38.6 Å². The monoisotopic (exact) mass is 383 g/mol. The number of aromatic nitrogens is 2. The average Bonchev–Trinajstić information content (AvgIpc) is 3.12. The van der Waals surface area contributed by atoms with Crippen LogP contribution in [0.25, 0.3) is 11.1 Å². The first kappa shape index (κ1) is 17.8. The van der Waals surface area contributed by atoms with E-state index in [1.165, 1.54) is 28.0 Å². The maximum absolute atomic E-state index is 12.4. The zero-order valence-corrected chi connectivity index (χ0v) is 15.3. The van der Waals surface area contributed by atoms with Crippen LogP contribution in [0, 0.1) is 0 Å². The number of ether oxygens (including phenoxy) is 1. The first-order valence-corrected chi connectivity index (χ1v) is 9.78. The summed E-state index contributed by atoms with van der Waals surface area (Å²) in [6.07, 6.45) is 0.474. The number of rotatable bonds is 7. The van der Waals surface area contributed by atoms with Gasteiger partial charge in [0.1, 0.15) is 5.01 Å². The lowest BCUT2D eigenvalue weighted by Gasteiger charge is -2.06. The van der Waals surface area contributed by atoms with Gasteiger partial charge < -0.3 is 9.15 Å². The lowest BCUT2D eigenvalue weighted by molar-refractivity contribution is 0.184. The van der Waals surface area contributed by atoms with E-state index in [1.807, 2.05) is 5.38 Å². The molecule has 0 fully saturated rings. The predicted octanol–water partition coefficient (Wildman–Crippen LogP) is 1.26. The van der Waals surface area contributed by atoms with E-state index in [9.17, 15) is 13.2 Å². The van der Waals surface area contributed by atoms with Crippen molar-refractivity contribution in [3.63, 3.8) is 0 Å². The van der Waals surface area contributed by atoms with E-state index in [1.54, 1.807) is 20.2 Å². The van der Waals surface area contributed by atoms with Gasteiger partial charge in [0.2, 0.25) is 10.0 Å². The number of nitrogens with zero attached hydrogens (tertiary/aromatic N) is 2. The number of thiazole rings is 1. The number of benzene rings is 1. The Kier molecular flexibility index (Phi) is 5.04. The molecule has 3 rings (SSSR count). The second-order valence-electron chi connectivity index (χ2n) is 5.37. The third-order valence-corrected chi connectivity index (χ3v) is 5.94. The number of fused-ring (bicyclic) bond motifs is 1. The first-order valence-electron chi connectivity index (χ1n) is 7.42. The minimum atomic E-state index is -3.70. The minimum Gasteiger partial charge on any atom is -0.408 e. The lowest BCUT2D eigenvalue weighted by Crippen LogP contribution is -2.26. The van der Waals surface area contributed by atoms with Crippen molar-refractivity contribution in [2.24, 2.45) is 7.05 Å². The summed E-state index contributed by atoms with van der Waals surface area (Å²) in [5.41, 5.74) is 1.58. The zero-order valence-electron chi connectivity index (χ0n) is 13.7. The molecule has 8 nitrogen and oxygen atoms in total. The van der Waals surface area contributed by atoms with Crippen LogP contribution in [0.2, 0.25) is 0 Å². The highest BCUT2D eigenvalue weighted by Gasteiger charge is 2.16. The van der Waals surface area contributed by atoms with E-state index >= 15 is 0 Å². The molecule has 0 bridgehead atoms. The Hall–Kier alpha value is -2.01. The molecule has 2 aromatic heterocycles. The summed E-state index contributed by atoms with van der Waals surface area (Å²) in [6, 6.07) is 4.34. The van der Waals surface area contributed by atoms with E-state index in [4.69, 9.17) is 9.15 Å². The van der Waals surface area contributed by atoms with Crippen LogP contribution in [0.15, 0.2) is 37.7 Å². The van der Waals surface area contributed by atoms with Crippen molar-refractivity contribution in [1.29, 1.82) is 0 Å². The molecule has 0 aliphatic carbocycles. The Morgan fingerprint density at radius 3 is 2.96 bits per heavy atom. The van der Waals surface area contributed by atoms with Crippen molar-refractivity contribution >= 4 is 32.5 Å². The summed E-state index contributed by atoms with van der Waals surface area (Å²) >= 11 is 1.48. The topological polar surface area (TPSA) is 103 Å². The van der Waals surface area contributed by atoms with Crippen LogP contribution in [0.4, 0.5) is 0 Å². The quantitative estimate of drug-likeness (QED) is 0.659. The Balaban J connectivity index is 1.69. The molecular weight excluding hydrogens is 366 g/mol. The van der Waals surface area contributed by atoms with Gasteiger partial charge in [0.15, 0.2) is 5.58 Å². The second kappa shape index (κ2) is 7.08. The van der Waals surface area contributed by atoms with Crippen molar-refractivity contribution in [3.8, 4) is 0 Å². The highest BCUT2D eigenvalue weighted by atomic mass is 32.2. The number of methoxy groups -OCH3 is 1. The van der Waals surface area contributed by atoms with Crippen LogP contribution in [0.5, 0.6) is 0 Å². The fraction of sp³-hybridized carbons (Fsp3) is 0.333. The number of hydrogen-bond acceptors (Lipinski definition) is 7. The number of oxazole rings is 1. The fourth-order valence-corrected chi connectivity index (χ4v) is 4.18. The van der Waals surface area contributed by atoms with Crippen molar-refractivity contribution in [1.82, 2.24) is 14.3 Å². The number of hydrogen-bond donors (Lipinski definition) is 1. The molecule has 0 radical (unpaired) electrons. The molecule has 0 amide bonds. The average molecular weight is 383 g/mol. The smallest absolute Gasteiger partial charge is 0.408 e. The van der Waals surface area contributed by atoms with Crippen LogP contribution in [-0.4, -0.2) is 31.6 Å². The standard InChI is InChI=1S/C15H17N3O5S2/c1-18-12-4-3-11(7-13(12)23-15(18)19)25(20,21)16-6-5-10-9-24-14(17-10)8-22-2/h3-4,7,9,16H,5-6,8H2,1-2H3. The molecule has 0 spiro atoms. The van der Waals surface area contributed by atoms with Crippen molar-refractivity contribution in [3.05, 3.63) is 44.8 Å². The highest BCUT2D eigenvalue weighted by molar-refractivity contribution is 7.89. The molecule has 25 heavy (non-hydrogen) atoms. The van der Waals surface area contributed by atoms with Crippen LogP contribution in [-0.2, 0) is 34.8 Å². The van der Waals surface area contributed by atoms with Crippen LogP contribution in [0.3, 0.4) is 0 Å². The summed E-state index contributed by atoms with van der Waals surface area (Å²) in [5.74, 6) is -0.534. The molecule has 0 aliphatic heterocycles. The van der Waals surface area contributed by atoms with Crippen molar-refractivity contribution in [2.75, 3.05) is 13.7 Å². The van der Waals surface area contributed by atoms with Gasteiger partial charge in [-0.3, -0.25) is 4.57 Å². The molecule has 2 heterocycles. The Bertz CT molecular complexity index is 1050. The Morgan fingerprint density at radius 1 is 1.40 bits per heavy atom. The maximum Gasteiger partial charge on any atom is 0.419 e. The van der Waals surface area contributed by atoms with E-state index < -0.39 is 15.8 Å². The summed E-state index contributed by atoms with van der Waals surface area (Å²) < 4.78 is 38.7. The van der Waals surface area contributed by atoms with Gasteiger partial charge in [-0.1, -0.05) is 0 Å². The fourth-order valence-electron chi connectivity index (χ4n) is 2.33. The number of sulfonamides is 1. The minimum absolute atomic E-state index is 0.0488. The molecule has 0 saturated heterocycles. The van der Waals surface area contributed by atoms with Gasteiger partial charge >= 0.3 is 5.76 Å². The number of aryl methyl sites for hydroxylation is 1. The normalized spacial score (nSPS) is 12.1. The van der Waals surface area contributed by atoms with Gasteiger partial charge in [-0.2, -0.15) is 0 Å². The van der Waals surface area contributed by atoms with E-state index in [-0.39, 0.29) is 17.0 Å². The third kappa shape index (κ3) is 3.82. The van der Waals surface area contributed by atoms with E-state index in [0.717, 1.165) is 10.7 Å². The van der Waals surface area contributed by atoms with Crippen molar-refractivity contribution < 1.29 is 17.6 Å². The second-order valence-corrected chi connectivity index (χ2v) is 8.08. The molecule has 1 aromatic carbocycles. The van der Waals surface area contributed by atoms with Gasteiger partial charge in [0.25, 0.3) is 0 Å². The van der Waals surface area contributed by atoms with E-state index in [2.05, 4.69) is 9.71 Å². The molecule has 0 aliphatic rings. The first-order chi connectivity index (χ1) is 11.9. The van der Waals surface area contributed by atoms with Crippen LogP contribution < -0.4 is 10.5 Å². The molecule has 134 valence electrons. The molecule has 1 N–H and O–H groups in total. The van der Waals surface area contributed by atoms with E-state index in [0.29, 0.717) is 18.5 Å². The molecule has 0 unspecified atom stereocenters. The molecule has 0 atom stereocenters. The summed E-state index contributed by atoms with van der Waals surface area (Å²) in [7, 11) is -0.539. The molecule has 10 heteroatoms. The largest absolute Gasteiger partial charge is 0.419 e. The Morgan fingerprint density at radius 2 is 2.20 bits per heavy atom. The number of nitrogens with one attached hydrogen (secondary N) is 1. The van der Waals surface area contributed by atoms with Crippen LogP contribution in [0.1, 0.15) is 10.7 Å². The maximum atomic E-state index is 12.4. The molecule has 3 aromatic rings. The SMILES string of the molecule is COCc1nc(CCNS(=O)(=O)c2ccc3c(c2)oc(=O)n3C)cs1. The third-order valence-electron chi connectivity index (χ3n) is 3.61. The van der Waals surface area contributed by atoms with Crippen molar-refractivity contribution in [2.45, 2.75) is 17.9 Å². The summed E-state index contributed by atoms with van der Waals surface area (Å²) in [5, 5.41) is 2.73. The van der Waals surface area contributed by atoms with Gasteiger partial charge in [0.05, 0.1) is 22.7 Å². The molecular formula is C15H17N3O5S2. The highest BCUT2D eigenvalue weighted by Crippen LogP contribution is 2.18. The summed E-state index contributed by atoms with van der Waals surface area (Å²) in [6.45, 7) is 0.661. The van der Waals surface area contributed by atoms with Gasteiger partial charge in [-0.05, 0) is 12.1 Å². The summed E-state index contributed by atoms with van der Waals surface area (Å²) in [4.78, 5) is 15.9. The zero-order chi connectivity index (χ0) is 18.0. The van der Waals surface area contributed by atoms with Gasteiger partial charge in [-0.15, -0.1) is 11.3 Å². The lowest BCUT2D eigenvalue weighted by atomic mass is 10.3. The Labute approximate surface area is 148 Å². The molecule has 0 saturated carbocycles.